The number of carbonyl (C=O) groups is 1. The molecule has 15 heavy (non-hydrogen) atoms. The number of hydrogen-bond donors (Lipinski definition) is 2. The van der Waals surface area contributed by atoms with E-state index in [1.165, 1.54) is 0 Å². The first kappa shape index (κ1) is 12.3. The lowest BCUT2D eigenvalue weighted by Crippen LogP contribution is -2.51. The molecule has 0 aromatic heterocycles. The molecule has 1 amide bonds. The maximum atomic E-state index is 11.4. The first-order valence-corrected chi connectivity index (χ1v) is 5.87. The molecule has 1 aliphatic rings. The zero-order valence-corrected chi connectivity index (χ0v) is 9.55. The van der Waals surface area contributed by atoms with E-state index in [2.05, 4.69) is 12.2 Å². The van der Waals surface area contributed by atoms with Crippen LogP contribution in [0.15, 0.2) is 0 Å². The molecule has 0 heterocycles. The van der Waals surface area contributed by atoms with Crippen molar-refractivity contribution in [2.45, 2.75) is 51.0 Å². The maximum absolute atomic E-state index is 11.4. The van der Waals surface area contributed by atoms with E-state index in [9.17, 15) is 4.79 Å². The van der Waals surface area contributed by atoms with E-state index in [0.717, 1.165) is 38.5 Å². The fraction of sp³-hybridized carbons (Fsp3) is 0.909. The number of hydrogen-bond acceptors (Lipinski definition) is 3. The van der Waals surface area contributed by atoms with Gasteiger partial charge >= 0.3 is 6.09 Å². The standard InChI is InChI=1S/C11H22N2O2/c1-2-3-8-15-10(14)13-11(9-12)6-4-5-7-11/h2-9,12H2,1H3,(H,13,14). The number of amides is 1. The zero-order chi connectivity index (χ0) is 11.1. The molecule has 0 radical (unpaired) electrons. The topological polar surface area (TPSA) is 64.3 Å². The van der Waals surface area contributed by atoms with Crippen LogP contribution in [0.4, 0.5) is 4.79 Å². The second kappa shape index (κ2) is 5.95. The number of rotatable bonds is 5. The van der Waals surface area contributed by atoms with Gasteiger partial charge in [0.25, 0.3) is 0 Å². The lowest BCUT2D eigenvalue weighted by molar-refractivity contribution is 0.131. The highest BCUT2D eigenvalue weighted by Crippen LogP contribution is 2.28. The van der Waals surface area contributed by atoms with Gasteiger partial charge < -0.3 is 15.8 Å². The molecule has 1 rings (SSSR count). The largest absolute Gasteiger partial charge is 0.450 e. The highest BCUT2D eigenvalue weighted by Gasteiger charge is 2.34. The van der Waals surface area contributed by atoms with Crippen molar-refractivity contribution in [2.75, 3.05) is 13.2 Å². The van der Waals surface area contributed by atoms with Crippen molar-refractivity contribution in [3.05, 3.63) is 0 Å². The minimum Gasteiger partial charge on any atom is -0.450 e. The maximum Gasteiger partial charge on any atom is 0.407 e. The molecule has 4 heteroatoms. The number of ether oxygens (including phenoxy) is 1. The summed E-state index contributed by atoms with van der Waals surface area (Å²) < 4.78 is 5.07. The van der Waals surface area contributed by atoms with Gasteiger partial charge in [-0.05, 0) is 19.3 Å². The third kappa shape index (κ3) is 3.70. The number of nitrogens with two attached hydrogens (primary N) is 1. The van der Waals surface area contributed by atoms with Crippen LogP contribution in [-0.4, -0.2) is 24.8 Å². The van der Waals surface area contributed by atoms with Gasteiger partial charge in [-0.3, -0.25) is 0 Å². The lowest BCUT2D eigenvalue weighted by Gasteiger charge is -2.28. The molecule has 0 spiro atoms. The Kier molecular flexibility index (Phi) is 4.88. The van der Waals surface area contributed by atoms with Crippen LogP contribution in [-0.2, 0) is 4.74 Å². The molecule has 4 nitrogen and oxygen atoms in total. The fourth-order valence-corrected chi connectivity index (χ4v) is 1.99. The van der Waals surface area contributed by atoms with Gasteiger partial charge in [-0.2, -0.15) is 0 Å². The van der Waals surface area contributed by atoms with Crippen molar-refractivity contribution in [3.63, 3.8) is 0 Å². The van der Waals surface area contributed by atoms with E-state index in [0.29, 0.717) is 13.2 Å². The van der Waals surface area contributed by atoms with Crippen LogP contribution < -0.4 is 11.1 Å². The van der Waals surface area contributed by atoms with E-state index in [1.807, 2.05) is 0 Å². The van der Waals surface area contributed by atoms with E-state index >= 15 is 0 Å². The van der Waals surface area contributed by atoms with E-state index in [1.54, 1.807) is 0 Å². The molecule has 3 N–H and O–H groups in total. The molecular formula is C11H22N2O2. The summed E-state index contributed by atoms with van der Waals surface area (Å²) in [6.07, 6.45) is 5.89. The van der Waals surface area contributed by atoms with Gasteiger partial charge in [0.15, 0.2) is 0 Å². The molecule has 1 fully saturated rings. The SMILES string of the molecule is CCCCOC(=O)NC1(CN)CCCC1. The van der Waals surface area contributed by atoms with Gasteiger partial charge in [0.1, 0.15) is 0 Å². The Morgan fingerprint density at radius 3 is 2.67 bits per heavy atom. The molecule has 0 aromatic carbocycles. The summed E-state index contributed by atoms with van der Waals surface area (Å²) in [5.41, 5.74) is 5.51. The van der Waals surface area contributed by atoms with Crippen molar-refractivity contribution < 1.29 is 9.53 Å². The smallest absolute Gasteiger partial charge is 0.407 e. The third-order valence-electron chi connectivity index (χ3n) is 3.05. The second-order valence-corrected chi connectivity index (χ2v) is 4.31. The molecule has 0 atom stereocenters. The molecule has 0 aliphatic heterocycles. The molecule has 0 unspecified atom stereocenters. The number of unbranched alkanes of at least 4 members (excludes halogenated alkanes) is 1. The monoisotopic (exact) mass is 214 g/mol. The van der Waals surface area contributed by atoms with E-state index in [4.69, 9.17) is 10.5 Å². The predicted molar refractivity (Wildman–Crippen MR) is 59.6 cm³/mol. The van der Waals surface area contributed by atoms with Gasteiger partial charge in [0.05, 0.1) is 12.1 Å². The first-order chi connectivity index (χ1) is 7.22. The summed E-state index contributed by atoms with van der Waals surface area (Å²) in [5.74, 6) is 0. The summed E-state index contributed by atoms with van der Waals surface area (Å²) in [6, 6.07) is 0. The minimum absolute atomic E-state index is 0.191. The van der Waals surface area contributed by atoms with Crippen LogP contribution in [0, 0.1) is 0 Å². The van der Waals surface area contributed by atoms with E-state index < -0.39 is 0 Å². The fourth-order valence-electron chi connectivity index (χ4n) is 1.99. The summed E-state index contributed by atoms with van der Waals surface area (Å²) in [6.45, 7) is 3.08. The highest BCUT2D eigenvalue weighted by molar-refractivity contribution is 5.68. The Hall–Kier alpha value is -0.770. The van der Waals surface area contributed by atoms with Crippen LogP contribution >= 0.6 is 0 Å². The average Bonchev–Trinajstić information content (AvgIpc) is 2.67. The highest BCUT2D eigenvalue weighted by atomic mass is 16.5. The van der Waals surface area contributed by atoms with Gasteiger partial charge in [0, 0.05) is 6.54 Å². The molecule has 1 aliphatic carbocycles. The number of carbonyl (C=O) groups excluding carboxylic acids is 1. The van der Waals surface area contributed by atoms with Gasteiger partial charge in [-0.15, -0.1) is 0 Å². The summed E-state index contributed by atoms with van der Waals surface area (Å²) >= 11 is 0. The Labute approximate surface area is 91.5 Å². The van der Waals surface area contributed by atoms with Crippen molar-refractivity contribution in [1.82, 2.24) is 5.32 Å². The van der Waals surface area contributed by atoms with Crippen molar-refractivity contribution in [3.8, 4) is 0 Å². The van der Waals surface area contributed by atoms with Gasteiger partial charge in [0.2, 0.25) is 0 Å². The van der Waals surface area contributed by atoms with Crippen molar-refractivity contribution in [1.29, 1.82) is 0 Å². The van der Waals surface area contributed by atoms with Gasteiger partial charge in [-0.1, -0.05) is 26.2 Å². The predicted octanol–water partition coefficient (Wildman–Crippen LogP) is 1.78. The lowest BCUT2D eigenvalue weighted by atomic mass is 9.98. The van der Waals surface area contributed by atoms with Gasteiger partial charge in [-0.25, -0.2) is 4.79 Å². The second-order valence-electron chi connectivity index (χ2n) is 4.31. The summed E-state index contributed by atoms with van der Waals surface area (Å²) in [4.78, 5) is 11.4. The average molecular weight is 214 g/mol. The van der Waals surface area contributed by atoms with E-state index in [-0.39, 0.29) is 11.6 Å². The Morgan fingerprint density at radius 2 is 2.13 bits per heavy atom. The summed E-state index contributed by atoms with van der Waals surface area (Å²) in [7, 11) is 0. The van der Waals surface area contributed by atoms with Crippen LogP contribution in [0.25, 0.3) is 0 Å². The Morgan fingerprint density at radius 1 is 1.47 bits per heavy atom. The molecule has 0 bridgehead atoms. The molecule has 0 saturated heterocycles. The van der Waals surface area contributed by atoms with Crippen molar-refractivity contribution >= 4 is 6.09 Å². The number of alkyl carbamates (subject to hydrolysis) is 1. The summed E-state index contributed by atoms with van der Waals surface area (Å²) in [5, 5.41) is 2.91. The minimum atomic E-state index is -0.309. The molecule has 1 saturated carbocycles. The third-order valence-corrected chi connectivity index (χ3v) is 3.05. The zero-order valence-electron chi connectivity index (χ0n) is 9.55. The first-order valence-electron chi connectivity index (χ1n) is 5.87. The Bertz CT molecular complexity index is 201. The molecule has 88 valence electrons. The van der Waals surface area contributed by atoms with Crippen LogP contribution in [0.3, 0.4) is 0 Å². The normalized spacial score (nSPS) is 18.8. The van der Waals surface area contributed by atoms with Crippen LogP contribution in [0.1, 0.15) is 45.4 Å². The molecular weight excluding hydrogens is 192 g/mol. The van der Waals surface area contributed by atoms with Crippen molar-refractivity contribution in [2.24, 2.45) is 5.73 Å². The Balaban J connectivity index is 2.28. The number of nitrogens with one attached hydrogen (secondary N) is 1. The quantitative estimate of drug-likeness (QED) is 0.686. The van der Waals surface area contributed by atoms with Crippen LogP contribution in [0.2, 0.25) is 0 Å². The molecule has 0 aromatic rings. The van der Waals surface area contributed by atoms with Crippen LogP contribution in [0.5, 0.6) is 0 Å².